The summed E-state index contributed by atoms with van der Waals surface area (Å²) >= 11 is 0. The first-order valence-corrected chi connectivity index (χ1v) is 6.68. The van der Waals surface area contributed by atoms with Gasteiger partial charge in [0.2, 0.25) is 11.6 Å². The third-order valence-corrected chi connectivity index (χ3v) is 3.13. The van der Waals surface area contributed by atoms with E-state index in [1.54, 1.807) is 30.3 Å². The van der Waals surface area contributed by atoms with Gasteiger partial charge in [0.15, 0.2) is 0 Å². The normalized spacial score (nSPS) is 14.9. The molecule has 0 amide bonds. The number of hydrogen-bond donors (Lipinski definition) is 4. The van der Waals surface area contributed by atoms with Crippen LogP contribution < -0.4 is 0 Å². The number of carbonyl (C=O) groups is 3. The summed E-state index contributed by atoms with van der Waals surface area (Å²) in [7, 11) is 0. The van der Waals surface area contributed by atoms with Crippen LogP contribution in [-0.2, 0) is 20.8 Å². The van der Waals surface area contributed by atoms with E-state index in [2.05, 4.69) is 0 Å². The highest BCUT2D eigenvalue weighted by Gasteiger charge is 2.36. The van der Waals surface area contributed by atoms with Crippen LogP contribution in [0.1, 0.15) is 12.0 Å². The molecule has 0 aromatic heterocycles. The molecule has 0 aliphatic heterocycles. The summed E-state index contributed by atoms with van der Waals surface area (Å²) in [5, 5.41) is 36.5. The molecule has 1 aromatic carbocycles. The highest BCUT2D eigenvalue weighted by atomic mass is 16.4. The van der Waals surface area contributed by atoms with Crippen LogP contribution in [0.3, 0.4) is 0 Å². The molecule has 0 fully saturated rings. The van der Waals surface area contributed by atoms with Crippen molar-refractivity contribution in [3.8, 4) is 0 Å². The van der Waals surface area contributed by atoms with E-state index in [0.717, 1.165) is 5.56 Å². The Hall–Kier alpha value is -1.93. The third-order valence-electron chi connectivity index (χ3n) is 3.13. The van der Waals surface area contributed by atoms with Crippen molar-refractivity contribution in [2.24, 2.45) is 0 Å². The molecule has 1 rings (SSSR count). The second-order valence-electron chi connectivity index (χ2n) is 4.79. The van der Waals surface area contributed by atoms with Gasteiger partial charge in [-0.15, -0.1) is 0 Å². The van der Waals surface area contributed by atoms with Crippen molar-refractivity contribution in [1.82, 2.24) is 0 Å². The summed E-state index contributed by atoms with van der Waals surface area (Å²) in [4.78, 5) is 34.8. The number of rotatable bonds is 9. The van der Waals surface area contributed by atoms with Gasteiger partial charge in [-0.25, -0.2) is 0 Å². The van der Waals surface area contributed by atoms with Gasteiger partial charge in [-0.05, 0) is 12.0 Å². The molecule has 1 aromatic rings. The molecule has 0 saturated heterocycles. The van der Waals surface area contributed by atoms with Crippen LogP contribution in [0.5, 0.6) is 0 Å². The molecule has 0 aliphatic carbocycles. The average molecular weight is 310 g/mol. The summed E-state index contributed by atoms with van der Waals surface area (Å²) in [5.74, 6) is -3.93. The van der Waals surface area contributed by atoms with Gasteiger partial charge in [-0.3, -0.25) is 14.4 Å². The van der Waals surface area contributed by atoms with Crippen molar-refractivity contribution in [3.63, 3.8) is 0 Å². The van der Waals surface area contributed by atoms with Crippen LogP contribution in [0.15, 0.2) is 30.3 Å². The maximum Gasteiger partial charge on any atom is 0.266 e. The van der Waals surface area contributed by atoms with Crippen LogP contribution in [0.25, 0.3) is 0 Å². The van der Waals surface area contributed by atoms with Gasteiger partial charge in [0.05, 0.1) is 6.61 Å². The molecule has 22 heavy (non-hydrogen) atoms. The Labute approximate surface area is 126 Å². The molecule has 7 nitrogen and oxygen atoms in total. The molecule has 0 saturated carbocycles. The van der Waals surface area contributed by atoms with Crippen molar-refractivity contribution < 1.29 is 34.8 Å². The quantitative estimate of drug-likeness (QED) is 0.319. The molecule has 0 bridgehead atoms. The summed E-state index contributed by atoms with van der Waals surface area (Å²) < 4.78 is 0. The van der Waals surface area contributed by atoms with Gasteiger partial charge in [0.1, 0.15) is 18.3 Å². The van der Waals surface area contributed by atoms with Crippen molar-refractivity contribution in [1.29, 1.82) is 0 Å². The number of hydrogen-bond acceptors (Lipinski definition) is 7. The number of aliphatic hydroxyl groups is 4. The molecule has 0 radical (unpaired) electrons. The standard InChI is InChI=1S/C15H18O7/c16-8-11(18)13(20)15(22)14(21)12(19)10(17)7-6-9-4-2-1-3-5-9/h1-5,11,13,15-16,18,20,22H,6-8H2/t11-,13-,15+/m1/s1. The summed E-state index contributed by atoms with van der Waals surface area (Å²) in [6.45, 7) is -0.901. The van der Waals surface area contributed by atoms with Gasteiger partial charge in [0.25, 0.3) is 5.78 Å². The monoisotopic (exact) mass is 310 g/mol. The average Bonchev–Trinajstić information content (AvgIpc) is 2.56. The largest absolute Gasteiger partial charge is 0.394 e. The fourth-order valence-electron chi connectivity index (χ4n) is 1.76. The molecule has 0 spiro atoms. The molecule has 0 heterocycles. The zero-order valence-corrected chi connectivity index (χ0v) is 11.8. The predicted molar refractivity (Wildman–Crippen MR) is 74.9 cm³/mol. The Bertz CT molecular complexity index is 526. The van der Waals surface area contributed by atoms with E-state index in [0.29, 0.717) is 0 Å². The van der Waals surface area contributed by atoms with E-state index in [4.69, 9.17) is 10.2 Å². The van der Waals surface area contributed by atoms with Crippen molar-refractivity contribution in [2.45, 2.75) is 31.2 Å². The number of Topliss-reactive ketones (excluding diaryl/α,β-unsaturated/α-hetero) is 3. The molecule has 120 valence electrons. The molecular formula is C15H18O7. The number of benzene rings is 1. The van der Waals surface area contributed by atoms with E-state index in [1.165, 1.54) is 0 Å². The molecule has 0 unspecified atom stereocenters. The van der Waals surface area contributed by atoms with Gasteiger partial charge >= 0.3 is 0 Å². The fourth-order valence-corrected chi connectivity index (χ4v) is 1.76. The number of ketones is 3. The van der Waals surface area contributed by atoms with E-state index in [1.807, 2.05) is 0 Å². The summed E-state index contributed by atoms with van der Waals surface area (Å²) in [5.41, 5.74) is 0.812. The Balaban J connectivity index is 2.58. The Morgan fingerprint density at radius 3 is 2.14 bits per heavy atom. The third kappa shape index (κ3) is 4.81. The van der Waals surface area contributed by atoms with Crippen molar-refractivity contribution in [2.75, 3.05) is 6.61 Å². The van der Waals surface area contributed by atoms with Crippen molar-refractivity contribution in [3.05, 3.63) is 35.9 Å². The lowest BCUT2D eigenvalue weighted by Crippen LogP contribution is -2.47. The minimum atomic E-state index is -2.25. The minimum Gasteiger partial charge on any atom is -0.394 e. The smallest absolute Gasteiger partial charge is 0.266 e. The number of aliphatic hydroxyl groups excluding tert-OH is 4. The van der Waals surface area contributed by atoms with Gasteiger partial charge in [-0.1, -0.05) is 30.3 Å². The van der Waals surface area contributed by atoms with Crippen LogP contribution in [-0.4, -0.2) is 62.7 Å². The van der Waals surface area contributed by atoms with Crippen LogP contribution in [0, 0.1) is 0 Å². The predicted octanol–water partition coefficient (Wildman–Crippen LogP) is -1.60. The number of aryl methyl sites for hydroxylation is 1. The number of carbonyl (C=O) groups excluding carboxylic acids is 3. The van der Waals surface area contributed by atoms with Crippen molar-refractivity contribution >= 4 is 17.3 Å². The minimum absolute atomic E-state index is 0.208. The van der Waals surface area contributed by atoms with Crippen LogP contribution in [0.4, 0.5) is 0 Å². The maximum atomic E-state index is 11.6. The van der Waals surface area contributed by atoms with E-state index >= 15 is 0 Å². The van der Waals surface area contributed by atoms with E-state index in [-0.39, 0.29) is 12.8 Å². The van der Waals surface area contributed by atoms with E-state index < -0.39 is 42.3 Å². The second-order valence-corrected chi connectivity index (χ2v) is 4.79. The Kier molecular flexibility index (Phi) is 7.00. The molecular weight excluding hydrogens is 292 g/mol. The SMILES string of the molecule is O=C(CCc1ccccc1)C(=O)C(=O)[C@@H](O)[C@H](O)[C@H](O)CO. The fraction of sp³-hybridized carbons (Fsp3) is 0.400. The van der Waals surface area contributed by atoms with Gasteiger partial charge in [-0.2, -0.15) is 0 Å². The summed E-state index contributed by atoms with van der Waals surface area (Å²) in [6.07, 6.45) is -6.03. The second kappa shape index (κ2) is 8.50. The summed E-state index contributed by atoms with van der Waals surface area (Å²) in [6, 6.07) is 8.85. The lowest BCUT2D eigenvalue weighted by Gasteiger charge is -2.19. The Morgan fingerprint density at radius 1 is 1.00 bits per heavy atom. The Morgan fingerprint density at radius 2 is 1.59 bits per heavy atom. The maximum absolute atomic E-state index is 11.6. The van der Waals surface area contributed by atoms with Gasteiger partial charge < -0.3 is 20.4 Å². The first kappa shape index (κ1) is 18.1. The van der Waals surface area contributed by atoms with Crippen LogP contribution in [0.2, 0.25) is 0 Å². The topological polar surface area (TPSA) is 132 Å². The molecule has 3 atom stereocenters. The lowest BCUT2D eigenvalue weighted by atomic mass is 9.97. The highest BCUT2D eigenvalue weighted by molar-refractivity contribution is 6.64. The van der Waals surface area contributed by atoms with E-state index in [9.17, 15) is 24.6 Å². The molecule has 4 N–H and O–H groups in total. The first-order valence-electron chi connectivity index (χ1n) is 6.68. The van der Waals surface area contributed by atoms with Crippen LogP contribution >= 0.6 is 0 Å². The lowest BCUT2D eigenvalue weighted by molar-refractivity contribution is -0.153. The molecule has 0 aliphatic rings. The first-order chi connectivity index (χ1) is 10.4. The highest BCUT2D eigenvalue weighted by Crippen LogP contribution is 2.06. The van der Waals surface area contributed by atoms with Gasteiger partial charge in [0, 0.05) is 6.42 Å². The zero-order chi connectivity index (χ0) is 16.7. The zero-order valence-electron chi connectivity index (χ0n) is 11.8. The molecule has 7 heteroatoms.